The maximum Gasteiger partial charge on any atom is 0.310 e. The lowest BCUT2D eigenvalue weighted by Gasteiger charge is -2.22. The van der Waals surface area contributed by atoms with E-state index in [4.69, 9.17) is 4.74 Å². The second-order valence-electron chi connectivity index (χ2n) is 5.68. The number of hydrogen-bond donors (Lipinski definition) is 2. The molecular weight excluding hydrogens is 299 g/mol. The highest BCUT2D eigenvalue weighted by Crippen LogP contribution is 2.64. The van der Waals surface area contributed by atoms with Crippen LogP contribution >= 0.6 is 7.72 Å². The Hall–Kier alpha value is -1.22. The summed E-state index contributed by atoms with van der Waals surface area (Å²) in [5.41, 5.74) is 0.887. The van der Waals surface area contributed by atoms with Crippen LogP contribution in [-0.4, -0.2) is 15.8 Å². The van der Waals surface area contributed by atoms with Gasteiger partial charge in [0.2, 0.25) is 0 Å². The van der Waals surface area contributed by atoms with Crippen LogP contribution in [0.5, 0.6) is 0 Å². The van der Waals surface area contributed by atoms with Crippen molar-refractivity contribution in [1.82, 2.24) is 0 Å². The lowest BCUT2D eigenvalue weighted by Crippen LogP contribution is -2.12. The normalized spacial score (nSPS) is 15.8. The molecule has 1 aromatic rings. The Morgan fingerprint density at radius 1 is 1.18 bits per heavy atom. The van der Waals surface area contributed by atoms with E-state index in [0.717, 1.165) is 24.8 Å². The minimum atomic E-state index is -3.27. The van der Waals surface area contributed by atoms with E-state index in [2.05, 4.69) is 0 Å². The number of hydrogen-bond acceptors (Lipinski definition) is 4. The molecule has 0 aromatic heterocycles. The van der Waals surface area contributed by atoms with Crippen molar-refractivity contribution in [3.63, 3.8) is 0 Å². The van der Waals surface area contributed by atoms with Crippen LogP contribution in [-0.2, 0) is 15.7 Å². The maximum absolute atomic E-state index is 11.7. The minimum Gasteiger partial charge on any atom is -0.427 e. The molecule has 0 heterocycles. The monoisotopic (exact) mass is 323 g/mol. The summed E-state index contributed by atoms with van der Waals surface area (Å²) in [5, 5.41) is 0.562. The quantitative estimate of drug-likeness (QED) is 0.610. The predicted molar refractivity (Wildman–Crippen MR) is 88.0 cm³/mol. The van der Waals surface area contributed by atoms with Gasteiger partial charge in [-0.3, -0.25) is 4.79 Å². The van der Waals surface area contributed by atoms with Crippen molar-refractivity contribution in [2.24, 2.45) is 0 Å². The van der Waals surface area contributed by atoms with Gasteiger partial charge in [0.25, 0.3) is 0 Å². The molecule has 2 rings (SSSR count). The molecule has 0 fully saturated rings. The number of rotatable bonds is 6. The highest BCUT2D eigenvalue weighted by Gasteiger charge is 2.43. The SMILES string of the molecule is CCCC(=O)OC1=C([P+](O)(O)Cc2ccccc2)CCCC1. The highest BCUT2D eigenvalue weighted by molar-refractivity contribution is 7.68. The first kappa shape index (κ1) is 17.1. The van der Waals surface area contributed by atoms with Crippen LogP contribution in [0.3, 0.4) is 0 Å². The summed E-state index contributed by atoms with van der Waals surface area (Å²) in [5.74, 6) is 0.218. The fourth-order valence-corrected chi connectivity index (χ4v) is 4.66. The third kappa shape index (κ3) is 4.64. The van der Waals surface area contributed by atoms with Gasteiger partial charge >= 0.3 is 13.7 Å². The Bertz CT molecular complexity index is 537. The number of allylic oxidation sites excluding steroid dienone is 2. The van der Waals surface area contributed by atoms with Crippen molar-refractivity contribution in [3.8, 4) is 0 Å². The molecule has 1 aliphatic rings. The highest BCUT2D eigenvalue weighted by atomic mass is 31.2. The van der Waals surface area contributed by atoms with Gasteiger partial charge in [0.1, 0.15) is 6.16 Å². The predicted octanol–water partition coefficient (Wildman–Crippen LogP) is 4.15. The standard InChI is InChI=1S/C17H24O4P/c1-2-8-17(18)21-15-11-6-7-12-16(15)22(19,20)13-14-9-4-3-5-10-14/h3-5,9-10,19-20H,2,6-8,11-13H2,1H3/q+1. The number of ether oxygens (including phenoxy) is 1. The van der Waals surface area contributed by atoms with Crippen molar-refractivity contribution in [2.45, 2.75) is 51.6 Å². The van der Waals surface area contributed by atoms with Crippen LogP contribution < -0.4 is 0 Å². The molecular formula is C17H24O4P+. The van der Waals surface area contributed by atoms with E-state index in [1.165, 1.54) is 0 Å². The second-order valence-corrected chi connectivity index (χ2v) is 7.99. The molecule has 1 aromatic carbocycles. The van der Waals surface area contributed by atoms with Gasteiger partial charge in [0, 0.05) is 19.3 Å². The molecule has 4 nitrogen and oxygen atoms in total. The van der Waals surface area contributed by atoms with Gasteiger partial charge in [-0.15, -0.1) is 0 Å². The van der Waals surface area contributed by atoms with Crippen LogP contribution in [0.2, 0.25) is 0 Å². The zero-order valence-electron chi connectivity index (χ0n) is 13.0. The number of carbonyl (C=O) groups excluding carboxylic acids is 1. The first-order valence-electron chi connectivity index (χ1n) is 7.83. The average molecular weight is 323 g/mol. The van der Waals surface area contributed by atoms with E-state index >= 15 is 0 Å². The molecule has 0 amide bonds. The van der Waals surface area contributed by atoms with Crippen molar-refractivity contribution in [2.75, 3.05) is 0 Å². The molecule has 0 bridgehead atoms. The van der Waals surface area contributed by atoms with Crippen molar-refractivity contribution in [1.29, 1.82) is 0 Å². The summed E-state index contributed by atoms with van der Waals surface area (Å²) in [4.78, 5) is 33.0. The first-order valence-corrected chi connectivity index (χ1v) is 9.71. The van der Waals surface area contributed by atoms with Crippen LogP contribution in [0, 0.1) is 0 Å². The van der Waals surface area contributed by atoms with Crippen LogP contribution in [0.25, 0.3) is 0 Å². The van der Waals surface area contributed by atoms with E-state index in [9.17, 15) is 14.6 Å². The molecule has 22 heavy (non-hydrogen) atoms. The molecule has 0 radical (unpaired) electrons. The van der Waals surface area contributed by atoms with Crippen LogP contribution in [0.15, 0.2) is 41.4 Å². The Labute approximate surface area is 132 Å². The summed E-state index contributed by atoms with van der Waals surface area (Å²) in [6.07, 6.45) is 4.33. The van der Waals surface area contributed by atoms with Gasteiger partial charge in [0.05, 0.1) is 0 Å². The first-order chi connectivity index (χ1) is 10.5. The van der Waals surface area contributed by atoms with Gasteiger partial charge in [-0.1, -0.05) is 37.3 Å². The van der Waals surface area contributed by atoms with Crippen LogP contribution in [0.1, 0.15) is 51.0 Å². The van der Waals surface area contributed by atoms with Gasteiger partial charge in [-0.25, -0.2) is 9.79 Å². The van der Waals surface area contributed by atoms with Gasteiger partial charge < -0.3 is 4.74 Å². The Morgan fingerprint density at radius 3 is 2.55 bits per heavy atom. The molecule has 0 atom stereocenters. The van der Waals surface area contributed by atoms with Gasteiger partial charge in [0.15, 0.2) is 11.1 Å². The Balaban J connectivity index is 2.20. The van der Waals surface area contributed by atoms with Crippen molar-refractivity contribution in [3.05, 3.63) is 47.0 Å². The molecule has 5 heteroatoms. The second kappa shape index (κ2) is 7.87. The third-order valence-electron chi connectivity index (χ3n) is 3.76. The largest absolute Gasteiger partial charge is 0.427 e. The molecule has 0 unspecified atom stereocenters. The molecule has 120 valence electrons. The van der Waals surface area contributed by atoms with E-state index in [1.807, 2.05) is 37.3 Å². The summed E-state index contributed by atoms with van der Waals surface area (Å²) in [7, 11) is -3.27. The fraction of sp³-hybridized carbons (Fsp3) is 0.471. The van der Waals surface area contributed by atoms with Gasteiger partial charge in [-0.05, 0) is 24.8 Å². The molecule has 1 aliphatic carbocycles. The maximum atomic E-state index is 11.7. The number of benzene rings is 1. The summed E-state index contributed by atoms with van der Waals surface area (Å²) in [6, 6.07) is 9.43. The molecule has 2 N–H and O–H groups in total. The van der Waals surface area contributed by atoms with E-state index in [1.54, 1.807) is 0 Å². The molecule has 0 saturated carbocycles. The zero-order chi connectivity index (χ0) is 16.0. The molecule has 0 saturated heterocycles. The van der Waals surface area contributed by atoms with E-state index < -0.39 is 7.72 Å². The van der Waals surface area contributed by atoms with Crippen molar-refractivity contribution >= 4 is 13.7 Å². The summed E-state index contributed by atoms with van der Waals surface area (Å²) in [6.45, 7) is 1.92. The zero-order valence-corrected chi connectivity index (χ0v) is 13.9. The molecule has 0 aliphatic heterocycles. The molecule has 0 spiro atoms. The van der Waals surface area contributed by atoms with E-state index in [0.29, 0.717) is 30.3 Å². The fourth-order valence-electron chi connectivity index (χ4n) is 2.68. The Morgan fingerprint density at radius 2 is 1.86 bits per heavy atom. The third-order valence-corrected chi connectivity index (χ3v) is 5.90. The van der Waals surface area contributed by atoms with Gasteiger partial charge in [-0.2, -0.15) is 0 Å². The minimum absolute atomic E-state index is 0.206. The Kier molecular flexibility index (Phi) is 6.13. The summed E-state index contributed by atoms with van der Waals surface area (Å²) >= 11 is 0. The summed E-state index contributed by atoms with van der Waals surface area (Å²) < 4.78 is 5.42. The number of esters is 1. The average Bonchev–Trinajstić information content (AvgIpc) is 2.48. The van der Waals surface area contributed by atoms with Crippen LogP contribution in [0.4, 0.5) is 0 Å². The number of carbonyl (C=O) groups is 1. The lowest BCUT2D eigenvalue weighted by atomic mass is 10.1. The topological polar surface area (TPSA) is 66.8 Å². The van der Waals surface area contributed by atoms with Crippen molar-refractivity contribution < 1.29 is 19.3 Å². The smallest absolute Gasteiger partial charge is 0.310 e. The van der Waals surface area contributed by atoms with E-state index in [-0.39, 0.29) is 12.1 Å². The lowest BCUT2D eigenvalue weighted by molar-refractivity contribution is -0.139.